The Hall–Kier alpha value is -4.63. The Morgan fingerprint density at radius 1 is 1.07 bits per heavy atom. The van der Waals surface area contributed by atoms with Gasteiger partial charge in [0.1, 0.15) is 12.3 Å². The minimum atomic E-state index is -4.63. The maximum Gasteiger partial charge on any atom is 0.408 e. The van der Waals surface area contributed by atoms with E-state index in [0.717, 1.165) is 59.0 Å². The minimum Gasteiger partial charge on any atom is -0.497 e. The summed E-state index contributed by atoms with van der Waals surface area (Å²) in [6.07, 6.45) is 4.03. The van der Waals surface area contributed by atoms with Crippen LogP contribution < -0.4 is 9.46 Å². The number of sulfonamides is 1. The number of hydrogen-bond acceptors (Lipinski definition) is 7. The Bertz CT molecular complexity index is 2300. The predicted octanol–water partition coefficient (Wildman–Crippen LogP) is 6.76. The molecule has 2 aromatic heterocycles. The van der Waals surface area contributed by atoms with Crippen molar-refractivity contribution in [1.82, 2.24) is 24.0 Å². The number of likely N-dealkylation sites (tertiary alicyclic amines) is 1. The number of alkyl halides is 3. The number of hydrogen-bond donors (Lipinski definition) is 1. The first-order valence-electron chi connectivity index (χ1n) is 18.4. The van der Waals surface area contributed by atoms with Crippen molar-refractivity contribution in [1.29, 1.82) is 0 Å². The number of fused-ring (bicyclic) bond motifs is 7. The molecule has 1 saturated carbocycles. The van der Waals surface area contributed by atoms with Gasteiger partial charge in [-0.15, -0.1) is 0 Å². The highest BCUT2D eigenvalue weighted by molar-refractivity contribution is 7.90. The first-order chi connectivity index (χ1) is 25.7. The predicted molar refractivity (Wildman–Crippen MR) is 197 cm³/mol. The van der Waals surface area contributed by atoms with Gasteiger partial charge in [-0.25, -0.2) is 13.1 Å². The number of carbonyl (C=O) groups is 2. The Kier molecular flexibility index (Phi) is 9.15. The molecule has 1 aliphatic carbocycles. The molecule has 2 atom stereocenters. The van der Waals surface area contributed by atoms with Crippen molar-refractivity contribution in [2.45, 2.75) is 95.0 Å². The monoisotopic (exact) mass is 765 g/mol. The third-order valence-electron chi connectivity index (χ3n) is 11.3. The van der Waals surface area contributed by atoms with Crippen LogP contribution in [0.4, 0.5) is 13.2 Å². The highest BCUT2D eigenvalue weighted by atomic mass is 32.2. The molecular weight excluding hydrogens is 724 g/mol. The van der Waals surface area contributed by atoms with Gasteiger partial charge in [-0.2, -0.15) is 18.3 Å². The molecule has 4 aliphatic rings. The second-order valence-electron chi connectivity index (χ2n) is 15.0. The van der Waals surface area contributed by atoms with E-state index >= 15 is 0 Å². The van der Waals surface area contributed by atoms with Crippen LogP contribution >= 0.6 is 0 Å². The number of nitrogens with one attached hydrogen (secondary N) is 1. The molecule has 2 bridgehead atoms. The molecule has 2 unspecified atom stereocenters. The topological polar surface area (TPSA) is 125 Å². The highest BCUT2D eigenvalue weighted by Crippen LogP contribution is 2.48. The summed E-state index contributed by atoms with van der Waals surface area (Å²) >= 11 is 0. The van der Waals surface area contributed by atoms with Crippen LogP contribution in [0.15, 0.2) is 42.6 Å². The third kappa shape index (κ3) is 6.48. The molecule has 2 aromatic carbocycles. The minimum absolute atomic E-state index is 0.0317. The molecule has 11 nitrogen and oxygen atoms in total. The molecule has 0 radical (unpaired) electrons. The van der Waals surface area contributed by atoms with E-state index < -0.39 is 39.8 Å². The van der Waals surface area contributed by atoms with E-state index in [1.54, 1.807) is 24.1 Å². The van der Waals surface area contributed by atoms with E-state index in [-0.39, 0.29) is 41.4 Å². The standard InChI is InChI=1S/C39H42F3N5O6S/c1-22(2)54(50,51)44-37(48)24-9-11-31-33(15-24)46-18-26(13-25-14-28(52-3)10-12-30(25)36(46)34(31)23-7-5-4-6-8-23)35-32(17-43-47(35)21-39(40,41)42)38(49)45-19-29-16-27(45)20-53-29/h9-15,17,22-23,27,29H,4-8,16,18-21H2,1-3H3,(H,44,48). The Morgan fingerprint density at radius 2 is 1.85 bits per heavy atom. The summed E-state index contributed by atoms with van der Waals surface area (Å²) in [5.41, 5.74) is 4.72. The largest absolute Gasteiger partial charge is 0.497 e. The Balaban J connectivity index is 1.36. The first kappa shape index (κ1) is 36.4. The van der Waals surface area contributed by atoms with Gasteiger partial charge >= 0.3 is 6.18 Å². The second kappa shape index (κ2) is 13.6. The van der Waals surface area contributed by atoms with E-state index in [4.69, 9.17) is 9.47 Å². The maximum atomic E-state index is 14.2. The van der Waals surface area contributed by atoms with E-state index in [1.807, 2.05) is 34.9 Å². The van der Waals surface area contributed by atoms with Gasteiger partial charge in [0.2, 0.25) is 10.0 Å². The number of halogens is 3. The average Bonchev–Trinajstić information content (AvgIpc) is 3.92. The fraction of sp³-hybridized carbons (Fsp3) is 0.462. The van der Waals surface area contributed by atoms with Gasteiger partial charge in [0, 0.05) is 28.6 Å². The van der Waals surface area contributed by atoms with E-state index in [2.05, 4.69) is 9.82 Å². The lowest BCUT2D eigenvalue weighted by Crippen LogP contribution is -2.41. The number of nitrogens with zero attached hydrogens (tertiary/aromatic N) is 4. The van der Waals surface area contributed by atoms with Gasteiger partial charge < -0.3 is 18.9 Å². The average molecular weight is 766 g/mol. The molecule has 3 fully saturated rings. The number of allylic oxidation sites excluding steroid dienone is 1. The van der Waals surface area contributed by atoms with Crippen LogP contribution in [0.2, 0.25) is 0 Å². The van der Waals surface area contributed by atoms with Crippen molar-refractivity contribution in [2.75, 3.05) is 20.3 Å². The number of ether oxygens (including phenoxy) is 2. The lowest BCUT2D eigenvalue weighted by Gasteiger charge is -2.27. The lowest BCUT2D eigenvalue weighted by atomic mass is 9.81. The number of amides is 2. The van der Waals surface area contributed by atoms with Crippen molar-refractivity contribution >= 4 is 44.4 Å². The van der Waals surface area contributed by atoms with E-state index in [0.29, 0.717) is 42.0 Å². The number of benzene rings is 2. The van der Waals surface area contributed by atoms with Crippen LogP contribution in [0.5, 0.6) is 5.75 Å². The van der Waals surface area contributed by atoms with Crippen molar-refractivity contribution in [3.63, 3.8) is 0 Å². The second-order valence-corrected chi connectivity index (χ2v) is 17.3. The van der Waals surface area contributed by atoms with Gasteiger partial charge in [0.25, 0.3) is 11.8 Å². The zero-order chi connectivity index (χ0) is 38.1. The molecule has 8 rings (SSSR count). The Labute approximate surface area is 311 Å². The van der Waals surface area contributed by atoms with Crippen molar-refractivity contribution < 1.29 is 40.7 Å². The quantitative estimate of drug-likeness (QED) is 0.210. The summed E-state index contributed by atoms with van der Waals surface area (Å²) in [5, 5.41) is 4.20. The van der Waals surface area contributed by atoms with Gasteiger partial charge in [-0.05, 0) is 92.1 Å². The summed E-state index contributed by atoms with van der Waals surface area (Å²) < 4.78 is 84.3. The zero-order valence-electron chi connectivity index (χ0n) is 30.3. The Morgan fingerprint density at radius 3 is 2.52 bits per heavy atom. The van der Waals surface area contributed by atoms with Crippen molar-refractivity contribution in [3.05, 3.63) is 70.5 Å². The summed E-state index contributed by atoms with van der Waals surface area (Å²) in [6, 6.07) is 10.6. The zero-order valence-corrected chi connectivity index (χ0v) is 31.1. The summed E-state index contributed by atoms with van der Waals surface area (Å²) in [5.74, 6) is -0.478. The normalized spacial score (nSPS) is 20.2. The fourth-order valence-electron chi connectivity index (χ4n) is 8.61. The van der Waals surface area contributed by atoms with Gasteiger partial charge in [-0.1, -0.05) is 25.3 Å². The van der Waals surface area contributed by atoms with Crippen LogP contribution in [0, 0.1) is 0 Å². The highest BCUT2D eigenvalue weighted by Gasteiger charge is 2.43. The van der Waals surface area contributed by atoms with Gasteiger partial charge in [-0.3, -0.25) is 14.3 Å². The molecule has 1 N–H and O–H groups in total. The van der Waals surface area contributed by atoms with Gasteiger partial charge in [0.05, 0.1) is 60.8 Å². The smallest absolute Gasteiger partial charge is 0.408 e. The molecule has 5 heterocycles. The fourth-order valence-corrected chi connectivity index (χ4v) is 9.22. The maximum absolute atomic E-state index is 14.2. The molecule has 2 amide bonds. The SMILES string of the molecule is COc1ccc2c(c1)C=C(c1c(C(=O)N3CC4CC3CO4)cnn1CC(F)(F)F)Cn1c-2c(C2CCCCC2)c2ccc(C(=O)NS(=O)(=O)C(C)C)cc21. The van der Waals surface area contributed by atoms with Crippen LogP contribution in [0.3, 0.4) is 0 Å². The molecular formula is C39H42F3N5O6S. The van der Waals surface area contributed by atoms with Crippen LogP contribution in [-0.2, 0) is 27.8 Å². The lowest BCUT2D eigenvalue weighted by molar-refractivity contribution is -0.142. The van der Waals surface area contributed by atoms with Crippen molar-refractivity contribution in [2.24, 2.45) is 0 Å². The molecule has 0 spiro atoms. The number of rotatable bonds is 8. The third-order valence-corrected chi connectivity index (χ3v) is 13.0. The van der Waals surface area contributed by atoms with E-state index in [1.165, 1.54) is 20.0 Å². The molecule has 4 aromatic rings. The summed E-state index contributed by atoms with van der Waals surface area (Å²) in [7, 11) is -2.39. The molecule has 2 saturated heterocycles. The van der Waals surface area contributed by atoms with E-state index in [9.17, 15) is 31.2 Å². The number of carbonyl (C=O) groups excluding carboxylic acids is 2. The van der Waals surface area contributed by atoms with Crippen LogP contribution in [0.25, 0.3) is 33.8 Å². The molecule has 15 heteroatoms. The summed E-state index contributed by atoms with van der Waals surface area (Å²) in [4.78, 5) is 29.4. The molecule has 286 valence electrons. The summed E-state index contributed by atoms with van der Waals surface area (Å²) in [6.45, 7) is 2.30. The number of methoxy groups -OCH3 is 1. The number of aromatic nitrogens is 3. The molecule has 3 aliphatic heterocycles. The van der Waals surface area contributed by atoms with Gasteiger partial charge in [0.15, 0.2) is 0 Å². The molecule has 54 heavy (non-hydrogen) atoms. The van der Waals surface area contributed by atoms with Crippen LogP contribution in [-0.4, -0.2) is 83.3 Å². The van der Waals surface area contributed by atoms with Crippen LogP contribution in [0.1, 0.15) is 95.8 Å². The first-order valence-corrected chi connectivity index (χ1v) is 19.9. The van der Waals surface area contributed by atoms with Crippen molar-refractivity contribution in [3.8, 4) is 17.0 Å². The number of morpholine rings is 1.